The molecule has 0 N–H and O–H groups in total. The summed E-state index contributed by atoms with van der Waals surface area (Å²) in [6, 6.07) is 9.92. The Morgan fingerprint density at radius 1 is 1.23 bits per heavy atom. The zero-order valence-electron chi connectivity index (χ0n) is 13.3. The van der Waals surface area contributed by atoms with Gasteiger partial charge in [0.15, 0.2) is 5.16 Å². The number of alkyl halides is 2. The van der Waals surface area contributed by atoms with Gasteiger partial charge in [-0.25, -0.2) is 13.8 Å². The van der Waals surface area contributed by atoms with Gasteiger partial charge in [-0.05, 0) is 30.7 Å². The lowest BCUT2D eigenvalue weighted by Gasteiger charge is -2.14. The number of halogens is 4. The number of aromatic nitrogens is 2. The molecular weight excluding hydrogens is 401 g/mol. The SMILES string of the molecule is O=c1c2ccccc2nc(SC[C@@H]2CC2(Cl)Cl)n1-c1ccc(F)cc1F. The molecule has 8 heteroatoms. The van der Waals surface area contributed by atoms with Crippen molar-refractivity contribution < 1.29 is 8.78 Å². The molecule has 3 nitrogen and oxygen atoms in total. The summed E-state index contributed by atoms with van der Waals surface area (Å²) >= 11 is 13.4. The van der Waals surface area contributed by atoms with Crippen molar-refractivity contribution in [3.8, 4) is 5.69 Å². The van der Waals surface area contributed by atoms with E-state index in [0.29, 0.717) is 28.2 Å². The van der Waals surface area contributed by atoms with Crippen molar-refractivity contribution in [1.29, 1.82) is 0 Å². The minimum atomic E-state index is -0.832. The third kappa shape index (κ3) is 3.21. The fourth-order valence-corrected chi connectivity index (χ4v) is 4.65. The number of rotatable bonds is 4. The molecule has 0 radical (unpaired) electrons. The molecule has 1 aliphatic carbocycles. The molecule has 0 bridgehead atoms. The molecule has 1 aromatic heterocycles. The number of benzene rings is 2. The van der Waals surface area contributed by atoms with Crippen LogP contribution in [0.25, 0.3) is 16.6 Å². The fourth-order valence-electron chi connectivity index (χ4n) is 2.71. The van der Waals surface area contributed by atoms with E-state index >= 15 is 0 Å². The van der Waals surface area contributed by atoms with Gasteiger partial charge in [0.05, 0.1) is 16.6 Å². The molecule has 0 saturated heterocycles. The molecule has 1 aliphatic rings. The van der Waals surface area contributed by atoms with Crippen molar-refractivity contribution >= 4 is 45.9 Å². The van der Waals surface area contributed by atoms with E-state index in [9.17, 15) is 13.6 Å². The molecule has 0 unspecified atom stereocenters. The topological polar surface area (TPSA) is 34.9 Å². The maximum Gasteiger partial charge on any atom is 0.266 e. The van der Waals surface area contributed by atoms with Gasteiger partial charge in [-0.2, -0.15) is 0 Å². The Hall–Kier alpha value is -1.63. The Kier molecular flexibility index (Phi) is 4.45. The summed E-state index contributed by atoms with van der Waals surface area (Å²) in [4.78, 5) is 17.5. The third-order valence-electron chi connectivity index (χ3n) is 4.26. The first-order valence-corrected chi connectivity index (χ1v) is 9.59. The Bertz CT molecular complexity index is 1070. The molecule has 134 valence electrons. The standard InChI is InChI=1S/C18H12Cl2F2N2OS/c19-18(20)8-10(18)9-26-17-23-14-4-2-1-3-12(14)16(25)24(17)15-6-5-11(21)7-13(15)22/h1-7,10H,8-9H2/t10-/m0/s1. The minimum Gasteiger partial charge on any atom is -0.268 e. The highest BCUT2D eigenvalue weighted by Crippen LogP contribution is 2.54. The van der Waals surface area contributed by atoms with Gasteiger partial charge in [0.1, 0.15) is 16.0 Å². The van der Waals surface area contributed by atoms with Crippen molar-refractivity contribution in [3.05, 3.63) is 64.5 Å². The average molecular weight is 413 g/mol. The van der Waals surface area contributed by atoms with Crippen LogP contribution in [0.3, 0.4) is 0 Å². The number of hydrogen-bond donors (Lipinski definition) is 0. The van der Waals surface area contributed by atoms with Gasteiger partial charge in [0.25, 0.3) is 5.56 Å². The Balaban J connectivity index is 1.86. The fraction of sp³-hybridized carbons (Fsp3) is 0.222. The second-order valence-electron chi connectivity index (χ2n) is 6.12. The molecule has 0 amide bonds. The monoisotopic (exact) mass is 412 g/mol. The first kappa shape index (κ1) is 17.8. The Morgan fingerprint density at radius 2 is 1.96 bits per heavy atom. The van der Waals surface area contributed by atoms with Gasteiger partial charge < -0.3 is 0 Å². The van der Waals surface area contributed by atoms with Crippen LogP contribution in [0.2, 0.25) is 0 Å². The maximum absolute atomic E-state index is 14.4. The molecule has 2 aromatic carbocycles. The minimum absolute atomic E-state index is 0.0454. The molecular formula is C18H12Cl2F2N2OS. The zero-order chi connectivity index (χ0) is 18.5. The number of para-hydroxylation sites is 1. The van der Waals surface area contributed by atoms with Crippen LogP contribution in [-0.2, 0) is 0 Å². The highest BCUT2D eigenvalue weighted by Gasteiger charge is 2.51. The quantitative estimate of drug-likeness (QED) is 0.345. The highest BCUT2D eigenvalue weighted by atomic mass is 35.5. The number of hydrogen-bond acceptors (Lipinski definition) is 3. The van der Waals surface area contributed by atoms with E-state index in [1.807, 2.05) is 0 Å². The largest absolute Gasteiger partial charge is 0.268 e. The molecule has 3 aromatic rings. The molecule has 1 atom stereocenters. The van der Waals surface area contributed by atoms with E-state index in [0.717, 1.165) is 12.1 Å². The van der Waals surface area contributed by atoms with Crippen LogP contribution >= 0.6 is 35.0 Å². The summed E-state index contributed by atoms with van der Waals surface area (Å²) in [6.45, 7) is 0. The molecule has 0 spiro atoms. The van der Waals surface area contributed by atoms with Crippen LogP contribution in [-0.4, -0.2) is 19.6 Å². The first-order valence-electron chi connectivity index (χ1n) is 7.84. The van der Waals surface area contributed by atoms with Gasteiger partial charge in [-0.3, -0.25) is 9.36 Å². The Morgan fingerprint density at radius 3 is 2.65 bits per heavy atom. The summed E-state index contributed by atoms with van der Waals surface area (Å²) in [5.41, 5.74) is 0.0518. The molecule has 1 fully saturated rings. The third-order valence-corrected chi connectivity index (χ3v) is 6.29. The van der Waals surface area contributed by atoms with E-state index in [1.54, 1.807) is 24.3 Å². The van der Waals surface area contributed by atoms with Crippen molar-refractivity contribution in [2.24, 2.45) is 5.92 Å². The van der Waals surface area contributed by atoms with Crippen LogP contribution in [0.15, 0.2) is 52.4 Å². The molecule has 0 aliphatic heterocycles. The van der Waals surface area contributed by atoms with Crippen molar-refractivity contribution in [3.63, 3.8) is 0 Å². The second-order valence-corrected chi connectivity index (χ2v) is 8.65. The van der Waals surface area contributed by atoms with Gasteiger partial charge in [-0.15, -0.1) is 23.2 Å². The summed E-state index contributed by atoms with van der Waals surface area (Å²) in [5, 5.41) is 0.672. The number of nitrogens with zero attached hydrogens (tertiary/aromatic N) is 2. The summed E-state index contributed by atoms with van der Waals surface area (Å²) in [6.07, 6.45) is 0.659. The van der Waals surface area contributed by atoms with Crippen LogP contribution in [0, 0.1) is 17.6 Å². The van der Waals surface area contributed by atoms with Crippen LogP contribution < -0.4 is 5.56 Å². The zero-order valence-corrected chi connectivity index (χ0v) is 15.6. The molecule has 4 rings (SSSR count). The average Bonchev–Trinajstić information content (AvgIpc) is 3.21. The first-order chi connectivity index (χ1) is 12.4. The van der Waals surface area contributed by atoms with Crippen LogP contribution in [0.4, 0.5) is 8.78 Å². The summed E-state index contributed by atoms with van der Waals surface area (Å²) in [7, 11) is 0. The van der Waals surface area contributed by atoms with Crippen molar-refractivity contribution in [1.82, 2.24) is 9.55 Å². The number of fused-ring (bicyclic) bond motifs is 1. The molecule has 1 heterocycles. The number of thioether (sulfide) groups is 1. The summed E-state index contributed by atoms with van der Waals surface area (Å²) < 4.78 is 28.1. The van der Waals surface area contributed by atoms with Crippen LogP contribution in [0.5, 0.6) is 0 Å². The van der Waals surface area contributed by atoms with Crippen LogP contribution in [0.1, 0.15) is 6.42 Å². The van der Waals surface area contributed by atoms with E-state index < -0.39 is 21.5 Å². The maximum atomic E-state index is 14.4. The smallest absolute Gasteiger partial charge is 0.266 e. The molecule has 26 heavy (non-hydrogen) atoms. The van der Waals surface area contributed by atoms with Gasteiger partial charge in [-0.1, -0.05) is 23.9 Å². The van der Waals surface area contributed by atoms with Gasteiger partial charge in [0.2, 0.25) is 0 Å². The van der Waals surface area contributed by atoms with Gasteiger partial charge in [0, 0.05) is 17.7 Å². The predicted octanol–water partition coefficient (Wildman–Crippen LogP) is 4.95. The van der Waals surface area contributed by atoms with Gasteiger partial charge >= 0.3 is 0 Å². The lowest BCUT2D eigenvalue weighted by atomic mass is 10.2. The molecule has 1 saturated carbocycles. The van der Waals surface area contributed by atoms with Crippen molar-refractivity contribution in [2.45, 2.75) is 15.9 Å². The summed E-state index contributed by atoms with van der Waals surface area (Å²) in [5.74, 6) is -0.929. The normalized spacial score (nSPS) is 18.2. The van der Waals surface area contributed by atoms with E-state index in [4.69, 9.17) is 23.2 Å². The lowest BCUT2D eigenvalue weighted by molar-refractivity contribution is 0.572. The second kappa shape index (κ2) is 6.51. The highest BCUT2D eigenvalue weighted by molar-refractivity contribution is 7.99. The Labute approximate surface area is 161 Å². The van der Waals surface area contributed by atoms with E-state index in [2.05, 4.69) is 4.98 Å². The lowest BCUT2D eigenvalue weighted by Crippen LogP contribution is -2.23. The van der Waals surface area contributed by atoms with E-state index in [1.165, 1.54) is 22.4 Å². The predicted molar refractivity (Wildman–Crippen MR) is 101 cm³/mol. The van der Waals surface area contributed by atoms with E-state index in [-0.39, 0.29) is 11.6 Å². The van der Waals surface area contributed by atoms with Crippen molar-refractivity contribution in [2.75, 3.05) is 5.75 Å².